The van der Waals surface area contributed by atoms with Crippen LogP contribution in [0.4, 0.5) is 11.4 Å². The van der Waals surface area contributed by atoms with Gasteiger partial charge in [0.25, 0.3) is 0 Å². The molecule has 0 amide bonds. The number of halogens is 1. The first-order valence-electron chi connectivity index (χ1n) is 7.17. The fourth-order valence-corrected chi connectivity index (χ4v) is 2.70. The normalized spacial score (nSPS) is 14.9. The van der Waals surface area contributed by atoms with E-state index in [0.717, 1.165) is 18.8 Å². The number of carbonyl (C=O) groups excluding carboxylic acids is 1. The number of nitrogens with zero attached hydrogens (tertiary/aromatic N) is 1. The van der Waals surface area contributed by atoms with Crippen molar-refractivity contribution in [2.75, 3.05) is 36.9 Å². The number of hydrogen-bond donors (Lipinski definition) is 1. The number of nitrogen functional groups attached to an aromatic ring is 1. The second kappa shape index (κ2) is 6.38. The summed E-state index contributed by atoms with van der Waals surface area (Å²) in [6, 6.07) is 12.4. The largest absolute Gasteiger partial charge is 0.399 e. The lowest BCUT2D eigenvalue weighted by molar-refractivity contribution is 0.103. The van der Waals surface area contributed by atoms with Gasteiger partial charge >= 0.3 is 0 Å². The molecule has 2 aromatic carbocycles. The predicted octanol–water partition coefficient (Wildman–Crippen LogP) is 2.99. The van der Waals surface area contributed by atoms with Crippen molar-refractivity contribution in [2.45, 2.75) is 0 Å². The molecule has 2 aromatic rings. The average molecular weight is 317 g/mol. The van der Waals surface area contributed by atoms with Gasteiger partial charge in [-0.15, -0.1) is 0 Å². The van der Waals surface area contributed by atoms with Crippen LogP contribution in [0.5, 0.6) is 0 Å². The van der Waals surface area contributed by atoms with Gasteiger partial charge < -0.3 is 15.4 Å². The molecule has 1 aliphatic rings. The van der Waals surface area contributed by atoms with Gasteiger partial charge in [0.1, 0.15) is 0 Å². The van der Waals surface area contributed by atoms with E-state index in [-0.39, 0.29) is 5.78 Å². The number of rotatable bonds is 3. The Morgan fingerprint density at radius 1 is 1.09 bits per heavy atom. The zero-order chi connectivity index (χ0) is 15.5. The quantitative estimate of drug-likeness (QED) is 0.698. The van der Waals surface area contributed by atoms with Gasteiger partial charge in [-0.3, -0.25) is 4.79 Å². The minimum atomic E-state index is -0.0505. The number of anilines is 2. The number of hydrogen-bond acceptors (Lipinski definition) is 4. The Balaban J connectivity index is 1.99. The van der Waals surface area contributed by atoms with E-state index >= 15 is 0 Å². The van der Waals surface area contributed by atoms with Crippen molar-refractivity contribution in [3.8, 4) is 0 Å². The van der Waals surface area contributed by atoms with E-state index in [1.54, 1.807) is 30.3 Å². The smallest absolute Gasteiger partial charge is 0.195 e. The van der Waals surface area contributed by atoms with Crippen molar-refractivity contribution in [2.24, 2.45) is 0 Å². The van der Waals surface area contributed by atoms with Crippen LogP contribution in [0.15, 0.2) is 42.5 Å². The van der Waals surface area contributed by atoms with E-state index in [2.05, 4.69) is 4.90 Å². The highest BCUT2D eigenvalue weighted by atomic mass is 35.5. The monoisotopic (exact) mass is 316 g/mol. The first kappa shape index (κ1) is 14.9. The third-order valence-electron chi connectivity index (χ3n) is 3.72. The van der Waals surface area contributed by atoms with E-state index in [0.29, 0.717) is 35.1 Å². The molecule has 3 rings (SSSR count). The molecular weight excluding hydrogens is 300 g/mol. The van der Waals surface area contributed by atoms with E-state index < -0.39 is 0 Å². The van der Waals surface area contributed by atoms with Crippen LogP contribution in [0.3, 0.4) is 0 Å². The van der Waals surface area contributed by atoms with Crippen molar-refractivity contribution in [1.29, 1.82) is 0 Å². The molecule has 0 unspecified atom stereocenters. The average Bonchev–Trinajstić information content (AvgIpc) is 2.55. The number of ketones is 1. The lowest BCUT2D eigenvalue weighted by atomic mass is 10.00. The Bertz CT molecular complexity index is 680. The fraction of sp³-hybridized carbons (Fsp3) is 0.235. The molecule has 0 aliphatic carbocycles. The zero-order valence-corrected chi connectivity index (χ0v) is 12.8. The van der Waals surface area contributed by atoms with Crippen LogP contribution in [-0.4, -0.2) is 32.1 Å². The van der Waals surface area contributed by atoms with Crippen LogP contribution in [0.1, 0.15) is 15.9 Å². The summed E-state index contributed by atoms with van der Waals surface area (Å²) < 4.78 is 5.38. The highest BCUT2D eigenvalue weighted by molar-refractivity contribution is 6.30. The van der Waals surface area contributed by atoms with E-state index in [9.17, 15) is 4.79 Å². The Labute approximate surface area is 134 Å². The molecule has 2 N–H and O–H groups in total. The van der Waals surface area contributed by atoms with E-state index in [1.165, 1.54) is 0 Å². The summed E-state index contributed by atoms with van der Waals surface area (Å²) in [4.78, 5) is 15.0. The van der Waals surface area contributed by atoms with Crippen LogP contribution in [0, 0.1) is 0 Å². The summed E-state index contributed by atoms with van der Waals surface area (Å²) in [5, 5.41) is 0.609. The third kappa shape index (κ3) is 3.08. The summed E-state index contributed by atoms with van der Waals surface area (Å²) in [6.07, 6.45) is 0. The number of carbonyl (C=O) groups is 1. The van der Waals surface area contributed by atoms with Gasteiger partial charge in [0.2, 0.25) is 0 Å². The van der Waals surface area contributed by atoms with Gasteiger partial charge in [-0.1, -0.05) is 11.6 Å². The van der Waals surface area contributed by atoms with Crippen LogP contribution >= 0.6 is 11.6 Å². The van der Waals surface area contributed by atoms with Crippen molar-refractivity contribution in [3.63, 3.8) is 0 Å². The number of nitrogens with two attached hydrogens (primary N) is 1. The van der Waals surface area contributed by atoms with Gasteiger partial charge in [-0.05, 0) is 42.5 Å². The zero-order valence-electron chi connectivity index (χ0n) is 12.1. The van der Waals surface area contributed by atoms with Crippen molar-refractivity contribution in [3.05, 3.63) is 58.6 Å². The molecule has 114 valence electrons. The lowest BCUT2D eigenvalue weighted by Crippen LogP contribution is -2.37. The second-order valence-corrected chi connectivity index (χ2v) is 5.65. The molecule has 1 fully saturated rings. The van der Waals surface area contributed by atoms with Crippen LogP contribution in [0.25, 0.3) is 0 Å². The highest BCUT2D eigenvalue weighted by Gasteiger charge is 2.20. The van der Waals surface area contributed by atoms with E-state index in [1.807, 2.05) is 12.1 Å². The molecule has 0 radical (unpaired) electrons. The van der Waals surface area contributed by atoms with Crippen molar-refractivity contribution < 1.29 is 9.53 Å². The molecule has 1 heterocycles. The van der Waals surface area contributed by atoms with Crippen molar-refractivity contribution >= 4 is 28.8 Å². The topological polar surface area (TPSA) is 55.6 Å². The van der Waals surface area contributed by atoms with Gasteiger partial charge in [0, 0.05) is 40.6 Å². The molecule has 5 heteroatoms. The van der Waals surface area contributed by atoms with Gasteiger partial charge in [0.15, 0.2) is 5.78 Å². The summed E-state index contributed by atoms with van der Waals surface area (Å²) in [5.41, 5.74) is 8.58. The number of ether oxygens (including phenoxy) is 1. The Morgan fingerprint density at radius 2 is 1.77 bits per heavy atom. The van der Waals surface area contributed by atoms with Crippen LogP contribution in [-0.2, 0) is 4.74 Å². The Kier molecular flexibility index (Phi) is 4.32. The van der Waals surface area contributed by atoms with Gasteiger partial charge in [0.05, 0.1) is 13.2 Å². The van der Waals surface area contributed by atoms with Crippen molar-refractivity contribution in [1.82, 2.24) is 0 Å². The Morgan fingerprint density at radius 3 is 2.45 bits per heavy atom. The molecule has 0 aromatic heterocycles. The number of morpholine rings is 1. The molecule has 0 bridgehead atoms. The van der Waals surface area contributed by atoms with Gasteiger partial charge in [-0.2, -0.15) is 0 Å². The number of benzene rings is 2. The molecule has 22 heavy (non-hydrogen) atoms. The highest BCUT2D eigenvalue weighted by Crippen LogP contribution is 2.27. The maximum absolute atomic E-state index is 12.8. The fourth-order valence-electron chi connectivity index (χ4n) is 2.57. The summed E-state index contributed by atoms with van der Waals surface area (Å²) >= 11 is 5.89. The first-order valence-corrected chi connectivity index (χ1v) is 7.55. The molecule has 4 nitrogen and oxygen atoms in total. The molecule has 0 atom stereocenters. The summed E-state index contributed by atoms with van der Waals surface area (Å²) in [5.74, 6) is -0.0505. The maximum Gasteiger partial charge on any atom is 0.195 e. The minimum absolute atomic E-state index is 0.0505. The molecule has 0 spiro atoms. The third-order valence-corrected chi connectivity index (χ3v) is 3.98. The SMILES string of the molecule is Nc1ccc(N2CCOCC2)c(C(=O)c2ccc(Cl)cc2)c1. The first-order chi connectivity index (χ1) is 10.6. The summed E-state index contributed by atoms with van der Waals surface area (Å²) in [6.45, 7) is 2.87. The van der Waals surface area contributed by atoms with Gasteiger partial charge in [-0.25, -0.2) is 0 Å². The van der Waals surface area contributed by atoms with Crippen LogP contribution in [0.2, 0.25) is 5.02 Å². The minimum Gasteiger partial charge on any atom is -0.399 e. The second-order valence-electron chi connectivity index (χ2n) is 5.21. The lowest BCUT2D eigenvalue weighted by Gasteiger charge is -2.30. The molecular formula is C17H17ClN2O2. The Hall–Kier alpha value is -2.04. The van der Waals surface area contributed by atoms with Crippen LogP contribution < -0.4 is 10.6 Å². The molecule has 1 saturated heterocycles. The maximum atomic E-state index is 12.8. The molecule has 0 saturated carbocycles. The van der Waals surface area contributed by atoms with E-state index in [4.69, 9.17) is 22.1 Å². The standard InChI is InChI=1S/C17H17ClN2O2/c18-13-3-1-12(2-4-13)17(21)15-11-14(19)5-6-16(15)20-7-9-22-10-8-20/h1-6,11H,7-10,19H2. The molecule has 1 aliphatic heterocycles. The summed E-state index contributed by atoms with van der Waals surface area (Å²) in [7, 11) is 0. The predicted molar refractivity (Wildman–Crippen MR) is 88.8 cm³/mol.